The Hall–Kier alpha value is -3.60. The number of benzene rings is 1. The van der Waals surface area contributed by atoms with Crippen molar-refractivity contribution in [2.75, 3.05) is 23.3 Å². The molecule has 0 aliphatic carbocycles. The number of alkyl halides is 3. The molecule has 8 nitrogen and oxygen atoms in total. The molecule has 168 valence electrons. The predicted molar refractivity (Wildman–Crippen MR) is 112 cm³/mol. The van der Waals surface area contributed by atoms with Gasteiger partial charge >= 0.3 is 12.2 Å². The number of anilines is 2. The third-order valence-electron chi connectivity index (χ3n) is 4.94. The van der Waals surface area contributed by atoms with Crippen molar-refractivity contribution in [2.24, 2.45) is 0 Å². The van der Waals surface area contributed by atoms with Crippen molar-refractivity contribution < 1.29 is 23.1 Å². The summed E-state index contributed by atoms with van der Waals surface area (Å²) in [7, 11) is 0. The summed E-state index contributed by atoms with van der Waals surface area (Å²) in [6, 6.07) is 10.6. The van der Waals surface area contributed by atoms with Gasteiger partial charge < -0.3 is 20.6 Å². The van der Waals surface area contributed by atoms with Crippen LogP contribution in [0.25, 0.3) is 5.69 Å². The molecule has 2 amide bonds. The second-order valence-corrected chi connectivity index (χ2v) is 7.54. The van der Waals surface area contributed by atoms with E-state index in [9.17, 15) is 23.1 Å². The van der Waals surface area contributed by atoms with E-state index < -0.39 is 17.9 Å². The van der Waals surface area contributed by atoms with Crippen molar-refractivity contribution in [3.05, 3.63) is 65.6 Å². The minimum absolute atomic E-state index is 0.167. The Morgan fingerprint density at radius 3 is 2.62 bits per heavy atom. The molecule has 3 aromatic rings. The fourth-order valence-electron chi connectivity index (χ4n) is 3.30. The fourth-order valence-corrected chi connectivity index (χ4v) is 3.30. The molecule has 2 aromatic heterocycles. The van der Waals surface area contributed by atoms with Crippen molar-refractivity contribution in [2.45, 2.75) is 25.7 Å². The van der Waals surface area contributed by atoms with Gasteiger partial charge in [-0.05, 0) is 42.8 Å². The molecule has 1 saturated heterocycles. The summed E-state index contributed by atoms with van der Waals surface area (Å²) < 4.78 is 40.8. The van der Waals surface area contributed by atoms with E-state index in [1.165, 1.54) is 10.9 Å². The third kappa shape index (κ3) is 4.83. The number of nitrogens with one attached hydrogen (secondary N) is 2. The van der Waals surface area contributed by atoms with E-state index in [0.717, 1.165) is 11.6 Å². The molecule has 0 radical (unpaired) electrons. The number of nitrogens with zero attached hydrogens (tertiary/aromatic N) is 4. The number of hydrogen-bond acceptors (Lipinski definition) is 5. The Kier molecular flexibility index (Phi) is 5.74. The number of carbonyl (C=O) groups excluding carboxylic acids is 1. The number of aliphatic hydroxyl groups is 1. The first kappa shape index (κ1) is 21.6. The van der Waals surface area contributed by atoms with Gasteiger partial charge in [-0.15, -0.1) is 0 Å². The summed E-state index contributed by atoms with van der Waals surface area (Å²) in [5.41, 5.74) is 0.908. The Labute approximate surface area is 181 Å². The molecule has 4 rings (SSSR count). The number of aromatic nitrogens is 3. The van der Waals surface area contributed by atoms with Gasteiger partial charge in [-0.25, -0.2) is 14.5 Å². The van der Waals surface area contributed by atoms with Crippen LogP contribution in [0.1, 0.15) is 17.0 Å². The molecule has 1 aliphatic heterocycles. The summed E-state index contributed by atoms with van der Waals surface area (Å²) in [4.78, 5) is 18.4. The molecule has 3 N–H and O–H groups in total. The van der Waals surface area contributed by atoms with E-state index in [4.69, 9.17) is 0 Å². The Morgan fingerprint density at radius 1 is 1.22 bits per heavy atom. The Balaban J connectivity index is 1.43. The zero-order valence-electron chi connectivity index (χ0n) is 17.1. The molecule has 0 saturated carbocycles. The van der Waals surface area contributed by atoms with Gasteiger partial charge in [-0.2, -0.15) is 18.3 Å². The average molecular weight is 446 g/mol. The van der Waals surface area contributed by atoms with Crippen LogP contribution in [0.3, 0.4) is 0 Å². The second kappa shape index (κ2) is 8.50. The smallest absolute Gasteiger partial charge is 0.389 e. The molecule has 1 aromatic carbocycles. The largest absolute Gasteiger partial charge is 0.435 e. The number of aryl methyl sites for hydroxylation is 1. The normalized spacial score (nSPS) is 14.2. The zero-order chi connectivity index (χ0) is 22.9. The minimum Gasteiger partial charge on any atom is -0.389 e. The molecule has 0 bridgehead atoms. The summed E-state index contributed by atoms with van der Waals surface area (Å²) >= 11 is 0. The lowest BCUT2D eigenvalue weighted by Gasteiger charge is -2.36. The fraction of sp³-hybridized carbons (Fsp3) is 0.286. The van der Waals surface area contributed by atoms with Crippen LogP contribution >= 0.6 is 0 Å². The predicted octanol–water partition coefficient (Wildman–Crippen LogP) is 3.10. The zero-order valence-corrected chi connectivity index (χ0v) is 17.1. The van der Waals surface area contributed by atoms with Crippen molar-refractivity contribution >= 4 is 17.5 Å². The summed E-state index contributed by atoms with van der Waals surface area (Å²) in [6.07, 6.45) is -3.49. The number of halogens is 3. The van der Waals surface area contributed by atoms with E-state index in [0.29, 0.717) is 30.3 Å². The summed E-state index contributed by atoms with van der Waals surface area (Å²) in [5.74, 6) is 0.683. The molecule has 3 heterocycles. The van der Waals surface area contributed by atoms with Gasteiger partial charge in [0, 0.05) is 13.1 Å². The molecular weight excluding hydrogens is 425 g/mol. The van der Waals surface area contributed by atoms with E-state index in [-0.39, 0.29) is 18.3 Å². The van der Waals surface area contributed by atoms with Crippen LogP contribution in [-0.4, -0.2) is 45.1 Å². The van der Waals surface area contributed by atoms with Gasteiger partial charge in [0.05, 0.1) is 35.9 Å². The van der Waals surface area contributed by atoms with E-state index in [1.807, 2.05) is 17.9 Å². The highest BCUT2D eigenvalue weighted by molar-refractivity contribution is 5.89. The number of β-amino-alcohol motifs (C(OH)–C–C–N with tert-alkyl or cyclic N) is 1. The number of hydrogen-bond donors (Lipinski definition) is 3. The highest BCUT2D eigenvalue weighted by Gasteiger charge is 2.35. The summed E-state index contributed by atoms with van der Waals surface area (Å²) in [5, 5.41) is 18.2. The minimum atomic E-state index is -4.61. The first-order chi connectivity index (χ1) is 15.2. The van der Waals surface area contributed by atoms with E-state index in [1.54, 1.807) is 30.3 Å². The maximum Gasteiger partial charge on any atom is 0.435 e. The molecule has 11 heteroatoms. The monoisotopic (exact) mass is 446 g/mol. The van der Waals surface area contributed by atoms with Crippen molar-refractivity contribution in [1.29, 1.82) is 0 Å². The molecule has 0 spiro atoms. The molecule has 0 atom stereocenters. The lowest BCUT2D eigenvalue weighted by Crippen LogP contribution is -2.51. The highest BCUT2D eigenvalue weighted by atomic mass is 19.4. The van der Waals surface area contributed by atoms with Crippen LogP contribution in [0.4, 0.5) is 29.5 Å². The quantitative estimate of drug-likeness (QED) is 0.560. The van der Waals surface area contributed by atoms with Crippen LogP contribution in [0.2, 0.25) is 0 Å². The number of pyridine rings is 1. The van der Waals surface area contributed by atoms with Gasteiger partial charge in [0.2, 0.25) is 0 Å². The molecular formula is C21H21F3N6O2. The topological polar surface area (TPSA) is 95.3 Å². The van der Waals surface area contributed by atoms with Gasteiger partial charge in [-0.3, -0.25) is 0 Å². The van der Waals surface area contributed by atoms with E-state index >= 15 is 0 Å². The lowest BCUT2D eigenvalue weighted by molar-refractivity contribution is -0.141. The Bertz CT molecular complexity index is 1110. The maximum absolute atomic E-state index is 13.2. The SMILES string of the molecule is Cc1cccc(-n2nc(C(F)(F)F)cc2CNC(=O)Nc2ccc(N3CC(O)C3)nc2)c1. The number of urea groups is 1. The van der Waals surface area contributed by atoms with Crippen molar-refractivity contribution in [3.8, 4) is 5.69 Å². The molecule has 32 heavy (non-hydrogen) atoms. The van der Waals surface area contributed by atoms with Gasteiger partial charge in [0.1, 0.15) is 5.82 Å². The number of aliphatic hydroxyl groups excluding tert-OH is 1. The van der Waals surface area contributed by atoms with Crippen LogP contribution in [-0.2, 0) is 12.7 Å². The molecule has 0 unspecified atom stereocenters. The van der Waals surface area contributed by atoms with E-state index in [2.05, 4.69) is 20.7 Å². The van der Waals surface area contributed by atoms with Gasteiger partial charge in [-0.1, -0.05) is 12.1 Å². The second-order valence-electron chi connectivity index (χ2n) is 7.54. The van der Waals surface area contributed by atoms with Gasteiger partial charge in [0.25, 0.3) is 0 Å². The first-order valence-corrected chi connectivity index (χ1v) is 9.86. The number of carbonyl (C=O) groups is 1. The van der Waals surface area contributed by atoms with Crippen molar-refractivity contribution in [1.82, 2.24) is 20.1 Å². The molecule has 1 aliphatic rings. The van der Waals surface area contributed by atoms with Crippen LogP contribution in [0.5, 0.6) is 0 Å². The highest BCUT2D eigenvalue weighted by Crippen LogP contribution is 2.29. The standard InChI is InChI=1S/C21H21F3N6O2/c1-13-3-2-4-15(7-13)30-16(8-18(28-30)21(22,23)24)10-26-20(32)27-14-5-6-19(25-9-14)29-11-17(31)12-29/h2-9,17,31H,10-12H2,1H3,(H2,26,27,32). The first-order valence-electron chi connectivity index (χ1n) is 9.86. The average Bonchev–Trinajstić information content (AvgIpc) is 3.16. The van der Waals surface area contributed by atoms with Gasteiger partial charge in [0.15, 0.2) is 5.69 Å². The Morgan fingerprint density at radius 2 is 2.00 bits per heavy atom. The maximum atomic E-state index is 13.2. The third-order valence-corrected chi connectivity index (χ3v) is 4.94. The van der Waals surface area contributed by atoms with Crippen LogP contribution in [0, 0.1) is 6.92 Å². The van der Waals surface area contributed by atoms with Crippen LogP contribution in [0.15, 0.2) is 48.7 Å². The van der Waals surface area contributed by atoms with Crippen LogP contribution < -0.4 is 15.5 Å². The van der Waals surface area contributed by atoms with Crippen molar-refractivity contribution in [3.63, 3.8) is 0 Å². The lowest BCUT2D eigenvalue weighted by atomic mass is 10.2. The number of rotatable bonds is 5. The summed E-state index contributed by atoms with van der Waals surface area (Å²) in [6.45, 7) is 2.68. The number of amides is 2. The molecule has 1 fully saturated rings.